The van der Waals surface area contributed by atoms with Gasteiger partial charge < -0.3 is 4.79 Å². The largest absolute Gasteiger partial charge is 0.303 e. The summed E-state index contributed by atoms with van der Waals surface area (Å²) in [6.07, 6.45) is 1.76. The Kier molecular flexibility index (Phi) is 2.97. The second-order valence-electron chi connectivity index (χ2n) is 2.65. The smallest absolute Gasteiger partial charge is 0.126 e. The van der Waals surface area contributed by atoms with E-state index in [4.69, 9.17) is 0 Å². The topological polar surface area (TPSA) is 17.1 Å². The van der Waals surface area contributed by atoms with Gasteiger partial charge >= 0.3 is 0 Å². The van der Waals surface area contributed by atoms with Gasteiger partial charge in [0, 0.05) is 6.42 Å². The van der Waals surface area contributed by atoms with Gasteiger partial charge in [0.15, 0.2) is 0 Å². The minimum Gasteiger partial charge on any atom is -0.303 e. The van der Waals surface area contributed by atoms with Gasteiger partial charge in [-0.1, -0.05) is 19.1 Å². The summed E-state index contributed by atoms with van der Waals surface area (Å²) in [5.74, 6) is -0.211. The fourth-order valence-electron chi connectivity index (χ4n) is 1.10. The number of aldehydes is 1. The van der Waals surface area contributed by atoms with E-state index in [1.807, 2.05) is 6.92 Å². The second kappa shape index (κ2) is 4.00. The first-order chi connectivity index (χ1) is 5.77. The molecule has 0 aliphatic rings. The van der Waals surface area contributed by atoms with Crippen LogP contribution >= 0.6 is 0 Å². The second-order valence-corrected chi connectivity index (χ2v) is 2.65. The molecule has 0 unspecified atom stereocenters. The van der Waals surface area contributed by atoms with Crippen molar-refractivity contribution < 1.29 is 9.18 Å². The van der Waals surface area contributed by atoms with E-state index in [0.29, 0.717) is 18.4 Å². The maximum absolute atomic E-state index is 13.1. The summed E-state index contributed by atoms with van der Waals surface area (Å²) < 4.78 is 13.1. The fourth-order valence-corrected chi connectivity index (χ4v) is 1.10. The third kappa shape index (κ3) is 1.91. The number of benzene rings is 1. The summed E-state index contributed by atoms with van der Waals surface area (Å²) in [6, 6.07) is 4.94. The molecule has 1 nitrogen and oxygen atoms in total. The SMILES string of the molecule is CCc1ccc(CC=O)cc1F. The molecular weight excluding hydrogens is 155 g/mol. The molecule has 0 saturated heterocycles. The summed E-state index contributed by atoms with van der Waals surface area (Å²) in [4.78, 5) is 10.1. The Hall–Kier alpha value is -1.18. The van der Waals surface area contributed by atoms with Gasteiger partial charge in [-0.2, -0.15) is 0 Å². The van der Waals surface area contributed by atoms with Crippen molar-refractivity contribution in [1.82, 2.24) is 0 Å². The number of halogens is 1. The zero-order chi connectivity index (χ0) is 8.97. The van der Waals surface area contributed by atoms with E-state index < -0.39 is 0 Å². The van der Waals surface area contributed by atoms with Crippen LogP contribution in [-0.2, 0) is 17.6 Å². The number of hydrogen-bond acceptors (Lipinski definition) is 1. The lowest BCUT2D eigenvalue weighted by Crippen LogP contribution is -1.91. The summed E-state index contributed by atoms with van der Waals surface area (Å²) in [6.45, 7) is 1.90. The molecule has 0 aliphatic heterocycles. The van der Waals surface area contributed by atoms with Crippen LogP contribution in [0.15, 0.2) is 18.2 Å². The average Bonchev–Trinajstić information content (AvgIpc) is 2.05. The van der Waals surface area contributed by atoms with Gasteiger partial charge in [-0.25, -0.2) is 4.39 Å². The van der Waals surface area contributed by atoms with Crippen molar-refractivity contribution in [1.29, 1.82) is 0 Å². The molecule has 0 atom stereocenters. The van der Waals surface area contributed by atoms with Gasteiger partial charge in [-0.05, 0) is 23.6 Å². The molecule has 1 aromatic carbocycles. The molecule has 64 valence electrons. The summed E-state index contributed by atoms with van der Waals surface area (Å²) in [7, 11) is 0. The van der Waals surface area contributed by atoms with E-state index in [0.717, 1.165) is 11.8 Å². The van der Waals surface area contributed by atoms with Crippen LogP contribution in [0.1, 0.15) is 18.1 Å². The number of aryl methyl sites for hydroxylation is 1. The van der Waals surface area contributed by atoms with E-state index >= 15 is 0 Å². The monoisotopic (exact) mass is 166 g/mol. The number of carbonyl (C=O) groups excluding carboxylic acids is 1. The standard InChI is InChI=1S/C10H11FO/c1-2-9-4-3-8(5-6-12)7-10(9)11/h3-4,6-7H,2,5H2,1H3. The Morgan fingerprint density at radius 2 is 2.25 bits per heavy atom. The Labute approximate surface area is 71.2 Å². The first-order valence-electron chi connectivity index (χ1n) is 3.99. The third-order valence-corrected chi connectivity index (χ3v) is 1.82. The first kappa shape index (κ1) is 8.91. The molecule has 0 aromatic heterocycles. The molecule has 0 bridgehead atoms. The Morgan fingerprint density at radius 1 is 1.50 bits per heavy atom. The van der Waals surface area contributed by atoms with Gasteiger partial charge in [0.05, 0.1) is 0 Å². The highest BCUT2D eigenvalue weighted by Crippen LogP contribution is 2.10. The highest BCUT2D eigenvalue weighted by molar-refractivity contribution is 5.54. The lowest BCUT2D eigenvalue weighted by Gasteiger charge is -2.00. The zero-order valence-corrected chi connectivity index (χ0v) is 7.01. The predicted octanol–water partition coefficient (Wildman–Crippen LogP) is 2.13. The van der Waals surface area contributed by atoms with Crippen molar-refractivity contribution >= 4 is 6.29 Å². The quantitative estimate of drug-likeness (QED) is 0.628. The molecule has 0 aliphatic carbocycles. The fraction of sp³-hybridized carbons (Fsp3) is 0.300. The van der Waals surface area contributed by atoms with Gasteiger partial charge in [0.1, 0.15) is 12.1 Å². The Morgan fingerprint density at radius 3 is 2.75 bits per heavy atom. The molecule has 2 heteroatoms. The van der Waals surface area contributed by atoms with Crippen LogP contribution in [0.25, 0.3) is 0 Å². The lowest BCUT2D eigenvalue weighted by atomic mass is 10.1. The highest BCUT2D eigenvalue weighted by Gasteiger charge is 2.00. The van der Waals surface area contributed by atoms with Crippen LogP contribution in [0.2, 0.25) is 0 Å². The van der Waals surface area contributed by atoms with E-state index in [1.165, 1.54) is 6.07 Å². The van der Waals surface area contributed by atoms with Gasteiger partial charge in [0.25, 0.3) is 0 Å². The van der Waals surface area contributed by atoms with Crippen molar-refractivity contribution in [2.75, 3.05) is 0 Å². The van der Waals surface area contributed by atoms with Crippen LogP contribution < -0.4 is 0 Å². The molecule has 0 saturated carbocycles. The molecule has 0 amide bonds. The molecule has 0 radical (unpaired) electrons. The van der Waals surface area contributed by atoms with Crippen LogP contribution in [0.5, 0.6) is 0 Å². The summed E-state index contributed by atoms with van der Waals surface area (Å²) >= 11 is 0. The normalized spacial score (nSPS) is 9.83. The van der Waals surface area contributed by atoms with Crippen molar-refractivity contribution in [2.45, 2.75) is 19.8 Å². The van der Waals surface area contributed by atoms with Crippen molar-refractivity contribution in [2.24, 2.45) is 0 Å². The van der Waals surface area contributed by atoms with Crippen LogP contribution in [0.4, 0.5) is 4.39 Å². The molecule has 1 aromatic rings. The third-order valence-electron chi connectivity index (χ3n) is 1.82. The van der Waals surface area contributed by atoms with Crippen molar-refractivity contribution in [3.8, 4) is 0 Å². The number of hydrogen-bond donors (Lipinski definition) is 0. The molecule has 0 heterocycles. The Balaban J connectivity index is 2.93. The van der Waals surface area contributed by atoms with Gasteiger partial charge in [-0.15, -0.1) is 0 Å². The van der Waals surface area contributed by atoms with E-state index in [2.05, 4.69) is 0 Å². The highest BCUT2D eigenvalue weighted by atomic mass is 19.1. The first-order valence-corrected chi connectivity index (χ1v) is 3.99. The lowest BCUT2D eigenvalue weighted by molar-refractivity contribution is -0.107. The van der Waals surface area contributed by atoms with Gasteiger partial charge in [-0.3, -0.25) is 0 Å². The molecule has 0 N–H and O–H groups in total. The van der Waals surface area contributed by atoms with Crippen molar-refractivity contribution in [3.63, 3.8) is 0 Å². The minimum absolute atomic E-state index is 0.211. The van der Waals surface area contributed by atoms with E-state index in [9.17, 15) is 9.18 Å². The number of carbonyl (C=O) groups is 1. The van der Waals surface area contributed by atoms with Crippen LogP contribution in [0, 0.1) is 5.82 Å². The van der Waals surface area contributed by atoms with Crippen LogP contribution in [-0.4, -0.2) is 6.29 Å². The number of rotatable bonds is 3. The summed E-state index contributed by atoms with van der Waals surface area (Å²) in [5.41, 5.74) is 1.43. The molecule has 1 rings (SSSR count). The molecular formula is C10H11FO. The van der Waals surface area contributed by atoms with E-state index in [1.54, 1.807) is 12.1 Å². The maximum atomic E-state index is 13.1. The molecule has 12 heavy (non-hydrogen) atoms. The maximum Gasteiger partial charge on any atom is 0.126 e. The van der Waals surface area contributed by atoms with Crippen molar-refractivity contribution in [3.05, 3.63) is 35.1 Å². The minimum atomic E-state index is -0.211. The molecule has 0 fully saturated rings. The summed E-state index contributed by atoms with van der Waals surface area (Å²) in [5, 5.41) is 0. The Bertz CT molecular complexity index is 281. The molecule has 0 spiro atoms. The predicted molar refractivity (Wildman–Crippen MR) is 45.5 cm³/mol. The average molecular weight is 166 g/mol. The van der Waals surface area contributed by atoms with Gasteiger partial charge in [0.2, 0.25) is 0 Å². The van der Waals surface area contributed by atoms with Crippen LogP contribution in [0.3, 0.4) is 0 Å². The zero-order valence-electron chi connectivity index (χ0n) is 7.01. The van der Waals surface area contributed by atoms with E-state index in [-0.39, 0.29) is 5.82 Å².